The van der Waals surface area contributed by atoms with Crippen LogP contribution in [-0.2, 0) is 9.59 Å². The van der Waals surface area contributed by atoms with E-state index in [0.29, 0.717) is 11.6 Å². The van der Waals surface area contributed by atoms with E-state index in [2.05, 4.69) is 15.6 Å². The van der Waals surface area contributed by atoms with Gasteiger partial charge in [-0.2, -0.15) is 0 Å². The van der Waals surface area contributed by atoms with Crippen LogP contribution in [0.25, 0.3) is 0 Å². The Morgan fingerprint density at radius 1 is 1.56 bits per heavy atom. The number of anilines is 1. The molecule has 1 aromatic rings. The predicted octanol–water partition coefficient (Wildman–Crippen LogP) is 0.949. The molecule has 2 N–H and O–H groups in total. The van der Waals surface area contributed by atoms with E-state index < -0.39 is 6.04 Å². The summed E-state index contributed by atoms with van der Waals surface area (Å²) < 4.78 is 0. The molecule has 5 nitrogen and oxygen atoms in total. The van der Waals surface area contributed by atoms with Crippen LogP contribution in [-0.4, -0.2) is 33.8 Å². The summed E-state index contributed by atoms with van der Waals surface area (Å²) in [6.07, 6.45) is 1.69. The normalized spacial score (nSPS) is 23.3. The van der Waals surface area contributed by atoms with Gasteiger partial charge in [-0.1, -0.05) is 6.07 Å². The van der Waals surface area contributed by atoms with E-state index in [1.165, 1.54) is 11.8 Å². The van der Waals surface area contributed by atoms with Crippen LogP contribution < -0.4 is 10.6 Å². The molecule has 96 valence electrons. The first kappa shape index (κ1) is 12.9. The van der Waals surface area contributed by atoms with Gasteiger partial charge >= 0.3 is 0 Å². The van der Waals surface area contributed by atoms with E-state index in [-0.39, 0.29) is 17.1 Å². The second-order valence-corrected chi connectivity index (χ2v) is 5.62. The van der Waals surface area contributed by atoms with Crippen LogP contribution in [0.4, 0.5) is 5.82 Å². The fourth-order valence-corrected chi connectivity index (χ4v) is 2.48. The maximum atomic E-state index is 11.9. The average Bonchev–Trinajstić information content (AvgIpc) is 2.35. The van der Waals surface area contributed by atoms with Crippen LogP contribution in [0.2, 0.25) is 0 Å². The number of rotatable bonds is 2. The Bertz CT molecular complexity index is 461. The molecule has 0 bridgehead atoms. The summed E-state index contributed by atoms with van der Waals surface area (Å²) in [6.45, 7) is 3.76. The Labute approximate surface area is 110 Å². The predicted molar refractivity (Wildman–Crippen MR) is 71.5 cm³/mol. The monoisotopic (exact) mass is 265 g/mol. The van der Waals surface area contributed by atoms with Crippen LogP contribution in [0.15, 0.2) is 18.3 Å². The van der Waals surface area contributed by atoms with Crippen LogP contribution in [0.3, 0.4) is 0 Å². The molecular formula is C12H15N3O2S. The molecule has 0 spiro atoms. The molecule has 1 aliphatic heterocycles. The van der Waals surface area contributed by atoms with Gasteiger partial charge in [0.2, 0.25) is 11.8 Å². The number of carbonyl (C=O) groups is 2. The van der Waals surface area contributed by atoms with Gasteiger partial charge in [0.1, 0.15) is 11.9 Å². The van der Waals surface area contributed by atoms with Gasteiger partial charge in [0.25, 0.3) is 0 Å². The van der Waals surface area contributed by atoms with E-state index in [9.17, 15) is 9.59 Å². The molecule has 1 saturated heterocycles. The van der Waals surface area contributed by atoms with Crippen molar-refractivity contribution in [2.75, 3.05) is 11.1 Å². The van der Waals surface area contributed by atoms with Gasteiger partial charge in [-0.05, 0) is 25.5 Å². The standard InChI is InChI=1S/C12H15N3O2S/c1-7-3-4-10(13-5-7)15-12(17)9-6-18-8(2)11(16)14-9/h3-5,8-9H,6H2,1-2H3,(H,14,16)(H,13,15,17)/t8-,9+/m0/s1. The van der Waals surface area contributed by atoms with Crippen molar-refractivity contribution in [3.63, 3.8) is 0 Å². The highest BCUT2D eigenvalue weighted by Gasteiger charge is 2.29. The number of amides is 2. The molecule has 0 radical (unpaired) electrons. The SMILES string of the molecule is Cc1ccc(NC(=O)[C@H]2CS[C@@H](C)C(=O)N2)nc1. The minimum absolute atomic E-state index is 0.0912. The number of thioether (sulfide) groups is 1. The molecule has 2 amide bonds. The van der Waals surface area contributed by atoms with Crippen molar-refractivity contribution in [3.05, 3.63) is 23.9 Å². The zero-order valence-electron chi connectivity index (χ0n) is 10.3. The average molecular weight is 265 g/mol. The van der Waals surface area contributed by atoms with Crippen molar-refractivity contribution in [1.29, 1.82) is 0 Å². The van der Waals surface area contributed by atoms with Crippen molar-refractivity contribution in [2.45, 2.75) is 25.1 Å². The third-order valence-electron chi connectivity index (χ3n) is 2.68. The fraction of sp³-hybridized carbons (Fsp3) is 0.417. The number of nitrogens with one attached hydrogen (secondary N) is 2. The van der Waals surface area contributed by atoms with Crippen molar-refractivity contribution < 1.29 is 9.59 Å². The maximum absolute atomic E-state index is 11.9. The number of carbonyl (C=O) groups excluding carboxylic acids is 2. The quantitative estimate of drug-likeness (QED) is 0.835. The zero-order chi connectivity index (χ0) is 13.1. The summed E-state index contributed by atoms with van der Waals surface area (Å²) in [4.78, 5) is 27.5. The lowest BCUT2D eigenvalue weighted by molar-refractivity contribution is -0.125. The highest BCUT2D eigenvalue weighted by atomic mass is 32.2. The second kappa shape index (κ2) is 5.39. The maximum Gasteiger partial charge on any atom is 0.248 e. The molecule has 6 heteroatoms. The number of aromatic nitrogens is 1. The molecule has 1 aromatic heterocycles. The molecule has 2 atom stereocenters. The number of pyridine rings is 1. The lowest BCUT2D eigenvalue weighted by atomic mass is 10.2. The molecule has 1 fully saturated rings. The number of nitrogens with zero attached hydrogens (tertiary/aromatic N) is 1. The summed E-state index contributed by atoms with van der Waals surface area (Å²) in [5.74, 6) is 0.774. The van der Waals surface area contributed by atoms with Gasteiger partial charge in [0.15, 0.2) is 0 Å². The lowest BCUT2D eigenvalue weighted by Gasteiger charge is -2.25. The molecule has 0 aliphatic carbocycles. The summed E-state index contributed by atoms with van der Waals surface area (Å²) in [6, 6.07) is 3.13. The molecule has 0 aromatic carbocycles. The number of hydrogen-bond donors (Lipinski definition) is 2. The summed E-state index contributed by atoms with van der Waals surface area (Å²) in [5.41, 5.74) is 1.03. The van der Waals surface area contributed by atoms with Crippen LogP contribution in [0, 0.1) is 6.92 Å². The van der Waals surface area contributed by atoms with Crippen molar-refractivity contribution in [2.24, 2.45) is 0 Å². The van der Waals surface area contributed by atoms with Crippen molar-refractivity contribution in [1.82, 2.24) is 10.3 Å². The first-order chi connectivity index (χ1) is 8.56. The minimum Gasteiger partial charge on any atom is -0.343 e. The van der Waals surface area contributed by atoms with Crippen LogP contribution in [0.5, 0.6) is 0 Å². The number of hydrogen-bond acceptors (Lipinski definition) is 4. The van der Waals surface area contributed by atoms with E-state index in [1.54, 1.807) is 12.3 Å². The summed E-state index contributed by atoms with van der Waals surface area (Å²) >= 11 is 1.48. The third kappa shape index (κ3) is 3.01. The molecule has 0 saturated carbocycles. The molecule has 2 rings (SSSR count). The van der Waals surface area contributed by atoms with Gasteiger partial charge in [0.05, 0.1) is 5.25 Å². The lowest BCUT2D eigenvalue weighted by Crippen LogP contribution is -2.51. The van der Waals surface area contributed by atoms with Gasteiger partial charge in [-0.3, -0.25) is 9.59 Å². The summed E-state index contributed by atoms with van der Waals surface area (Å²) in [5, 5.41) is 5.30. The van der Waals surface area contributed by atoms with Gasteiger partial charge in [-0.15, -0.1) is 11.8 Å². The second-order valence-electron chi connectivity index (χ2n) is 4.25. The zero-order valence-corrected chi connectivity index (χ0v) is 11.1. The Morgan fingerprint density at radius 3 is 2.94 bits per heavy atom. The van der Waals surface area contributed by atoms with E-state index in [4.69, 9.17) is 0 Å². The number of aryl methyl sites for hydroxylation is 1. The third-order valence-corrected chi connectivity index (χ3v) is 3.92. The topological polar surface area (TPSA) is 71.1 Å². The smallest absolute Gasteiger partial charge is 0.248 e. The van der Waals surface area contributed by atoms with E-state index in [1.807, 2.05) is 19.9 Å². The Kier molecular flexibility index (Phi) is 3.86. The largest absolute Gasteiger partial charge is 0.343 e. The first-order valence-electron chi connectivity index (χ1n) is 5.72. The van der Waals surface area contributed by atoms with Crippen LogP contribution in [0.1, 0.15) is 12.5 Å². The molecule has 18 heavy (non-hydrogen) atoms. The molecule has 1 aliphatic rings. The van der Waals surface area contributed by atoms with Crippen molar-refractivity contribution in [3.8, 4) is 0 Å². The molecule has 0 unspecified atom stereocenters. The summed E-state index contributed by atoms with van der Waals surface area (Å²) in [7, 11) is 0. The highest BCUT2D eigenvalue weighted by Crippen LogP contribution is 2.18. The Morgan fingerprint density at radius 2 is 2.33 bits per heavy atom. The fourth-order valence-electron chi connectivity index (χ4n) is 1.54. The van der Waals surface area contributed by atoms with Gasteiger partial charge in [0, 0.05) is 11.9 Å². The van der Waals surface area contributed by atoms with E-state index in [0.717, 1.165) is 5.56 Å². The van der Waals surface area contributed by atoms with Gasteiger partial charge < -0.3 is 10.6 Å². The first-order valence-corrected chi connectivity index (χ1v) is 6.76. The Balaban J connectivity index is 1.96. The van der Waals surface area contributed by atoms with Crippen LogP contribution >= 0.6 is 11.8 Å². The highest BCUT2D eigenvalue weighted by molar-refractivity contribution is 8.00. The minimum atomic E-state index is -0.484. The van der Waals surface area contributed by atoms with Crippen molar-refractivity contribution >= 4 is 29.4 Å². The molecular weight excluding hydrogens is 250 g/mol. The molecule has 2 heterocycles. The van der Waals surface area contributed by atoms with E-state index >= 15 is 0 Å². The van der Waals surface area contributed by atoms with Gasteiger partial charge in [-0.25, -0.2) is 4.98 Å². The Hall–Kier alpha value is -1.56.